The first-order chi connectivity index (χ1) is 17.8. The smallest absolute Gasteiger partial charge is 0.315 e. The molecule has 1 heterocycles. The van der Waals surface area contributed by atoms with Crippen LogP contribution in [0.25, 0.3) is 0 Å². The van der Waals surface area contributed by atoms with Gasteiger partial charge in [-0.3, -0.25) is 14.6 Å². The van der Waals surface area contributed by atoms with Crippen LogP contribution >= 0.6 is 0 Å². The van der Waals surface area contributed by atoms with Crippen LogP contribution < -0.4 is 14.2 Å². The second-order valence-electron chi connectivity index (χ2n) is 9.67. The molecule has 0 radical (unpaired) electrons. The highest BCUT2D eigenvalue weighted by atomic mass is 16.5. The molecular formula is C30H35NO6. The molecule has 196 valence electrons. The Morgan fingerprint density at radius 1 is 1.03 bits per heavy atom. The van der Waals surface area contributed by atoms with E-state index in [2.05, 4.69) is 0 Å². The van der Waals surface area contributed by atoms with Crippen molar-refractivity contribution in [3.8, 4) is 17.2 Å². The van der Waals surface area contributed by atoms with Crippen molar-refractivity contribution in [2.75, 3.05) is 20.8 Å². The zero-order chi connectivity index (χ0) is 26.7. The molecule has 0 bridgehead atoms. The fourth-order valence-electron chi connectivity index (χ4n) is 5.37. The van der Waals surface area contributed by atoms with Gasteiger partial charge in [-0.2, -0.15) is 0 Å². The number of rotatable bonds is 8. The van der Waals surface area contributed by atoms with Crippen LogP contribution in [0, 0.1) is 5.92 Å². The van der Waals surface area contributed by atoms with E-state index >= 15 is 0 Å². The lowest BCUT2D eigenvalue weighted by atomic mass is 9.69. The van der Waals surface area contributed by atoms with E-state index < -0.39 is 11.8 Å². The number of para-hydroxylation sites is 1. The van der Waals surface area contributed by atoms with Gasteiger partial charge in [-0.15, -0.1) is 0 Å². The maximum absolute atomic E-state index is 13.9. The number of allylic oxidation sites excluding steroid dienone is 2. The number of Topliss-reactive ketones (excluding diaryl/α,β-unsaturated/α-hetero) is 1. The molecule has 3 atom stereocenters. The van der Waals surface area contributed by atoms with Gasteiger partial charge >= 0.3 is 5.97 Å². The maximum atomic E-state index is 13.9. The van der Waals surface area contributed by atoms with Gasteiger partial charge in [0.25, 0.3) is 0 Å². The first-order valence-corrected chi connectivity index (χ1v) is 12.7. The van der Waals surface area contributed by atoms with E-state index in [-0.39, 0.29) is 30.4 Å². The van der Waals surface area contributed by atoms with E-state index in [1.54, 1.807) is 21.1 Å². The molecule has 4 rings (SSSR count). The lowest BCUT2D eigenvalue weighted by Crippen LogP contribution is -2.38. The van der Waals surface area contributed by atoms with Crippen LogP contribution in [-0.2, 0) is 14.3 Å². The average molecular weight is 506 g/mol. The Bertz CT molecular complexity index is 1240. The minimum Gasteiger partial charge on any atom is -0.493 e. The standard InChI is InChI=1S/C30H35NO6/c1-7-36-30(33)27-18(4)31-22-14-20(19-12-13-25(34-5)26(16-19)35-6)15-23(32)29(22)28(27)21-10-8-9-11-24(21)37-17(2)3/h8-13,16-17,20,27-28H,7,14-15H2,1-6H3/t20-,27?,28-/m1/s1. The number of methoxy groups -OCH3 is 2. The lowest BCUT2D eigenvalue weighted by molar-refractivity contribution is -0.146. The summed E-state index contributed by atoms with van der Waals surface area (Å²) in [6.45, 7) is 7.78. The van der Waals surface area contributed by atoms with Crippen molar-refractivity contribution in [3.05, 3.63) is 64.9 Å². The second kappa shape index (κ2) is 11.2. The summed E-state index contributed by atoms with van der Waals surface area (Å²) in [5, 5.41) is 0. The topological polar surface area (TPSA) is 83.4 Å². The van der Waals surface area contributed by atoms with Gasteiger partial charge in [0, 0.05) is 34.9 Å². The summed E-state index contributed by atoms with van der Waals surface area (Å²) in [4.78, 5) is 31.9. The number of hydrogen-bond acceptors (Lipinski definition) is 7. The van der Waals surface area contributed by atoms with Crippen LogP contribution in [0.15, 0.2) is 58.7 Å². The molecule has 1 aliphatic carbocycles. The Labute approximate surface area is 218 Å². The normalized spacial score (nSPS) is 21.3. The molecule has 7 nitrogen and oxygen atoms in total. The predicted molar refractivity (Wildman–Crippen MR) is 142 cm³/mol. The molecular weight excluding hydrogens is 470 g/mol. The Morgan fingerprint density at radius 3 is 2.43 bits per heavy atom. The molecule has 1 unspecified atom stereocenters. The number of carbonyl (C=O) groups excluding carboxylic acids is 2. The van der Waals surface area contributed by atoms with Crippen molar-refractivity contribution in [2.24, 2.45) is 10.9 Å². The third-order valence-corrected chi connectivity index (χ3v) is 6.92. The number of hydrogen-bond donors (Lipinski definition) is 0. The van der Waals surface area contributed by atoms with E-state index in [1.165, 1.54) is 0 Å². The Kier molecular flexibility index (Phi) is 8.00. The first-order valence-electron chi connectivity index (χ1n) is 12.7. The van der Waals surface area contributed by atoms with Crippen LogP contribution in [0.2, 0.25) is 0 Å². The highest BCUT2D eigenvalue weighted by molar-refractivity contribution is 6.09. The molecule has 0 aromatic heterocycles. The fourth-order valence-corrected chi connectivity index (χ4v) is 5.37. The van der Waals surface area contributed by atoms with Crippen molar-refractivity contribution in [1.29, 1.82) is 0 Å². The van der Waals surface area contributed by atoms with E-state index in [0.29, 0.717) is 41.4 Å². The zero-order valence-corrected chi connectivity index (χ0v) is 22.4. The second-order valence-corrected chi connectivity index (χ2v) is 9.67. The van der Waals surface area contributed by atoms with Crippen molar-refractivity contribution in [2.45, 2.75) is 58.5 Å². The Hall–Kier alpha value is -3.61. The molecule has 0 saturated heterocycles. The summed E-state index contributed by atoms with van der Waals surface area (Å²) >= 11 is 0. The SMILES string of the molecule is CCOC(=O)C1C(C)=NC2=C(C(=O)C[C@H](c3ccc(OC)c(OC)c3)C2)[C@@H]1c1ccccc1OC(C)C. The summed E-state index contributed by atoms with van der Waals surface area (Å²) in [5.74, 6) is 0.232. The molecule has 1 aliphatic heterocycles. The number of ether oxygens (including phenoxy) is 4. The largest absolute Gasteiger partial charge is 0.493 e. The van der Waals surface area contributed by atoms with E-state index in [1.807, 2.05) is 63.2 Å². The molecule has 2 aromatic carbocycles. The van der Waals surface area contributed by atoms with Gasteiger partial charge in [-0.05, 0) is 63.8 Å². The van der Waals surface area contributed by atoms with Gasteiger partial charge in [0.2, 0.25) is 0 Å². The quantitative estimate of drug-likeness (QED) is 0.433. The van der Waals surface area contributed by atoms with Gasteiger partial charge < -0.3 is 18.9 Å². The number of benzene rings is 2. The van der Waals surface area contributed by atoms with Crippen LogP contribution in [0.5, 0.6) is 17.2 Å². The maximum Gasteiger partial charge on any atom is 0.315 e. The molecule has 0 spiro atoms. The Balaban J connectivity index is 1.81. The van der Waals surface area contributed by atoms with Crippen LogP contribution in [0.1, 0.15) is 63.5 Å². The van der Waals surface area contributed by atoms with Gasteiger partial charge in [0.1, 0.15) is 11.7 Å². The number of carbonyl (C=O) groups is 2. The number of ketones is 1. The first kappa shape index (κ1) is 26.5. The van der Waals surface area contributed by atoms with E-state index in [4.69, 9.17) is 23.9 Å². The number of nitrogens with zero attached hydrogens (tertiary/aromatic N) is 1. The summed E-state index contributed by atoms with van der Waals surface area (Å²) in [5.41, 5.74) is 3.73. The Morgan fingerprint density at radius 2 is 1.76 bits per heavy atom. The molecule has 0 N–H and O–H groups in total. The molecule has 0 amide bonds. The summed E-state index contributed by atoms with van der Waals surface area (Å²) < 4.78 is 22.4. The highest BCUT2D eigenvalue weighted by Gasteiger charge is 2.45. The number of aliphatic imine (C=N–C) groups is 1. The fraction of sp³-hybridized carbons (Fsp3) is 0.433. The van der Waals surface area contributed by atoms with Crippen LogP contribution in [0.4, 0.5) is 0 Å². The highest BCUT2D eigenvalue weighted by Crippen LogP contribution is 2.49. The molecule has 37 heavy (non-hydrogen) atoms. The summed E-state index contributed by atoms with van der Waals surface area (Å²) in [6, 6.07) is 13.4. The lowest BCUT2D eigenvalue weighted by Gasteiger charge is -2.37. The van der Waals surface area contributed by atoms with Crippen LogP contribution in [0.3, 0.4) is 0 Å². The molecule has 0 saturated carbocycles. The third kappa shape index (κ3) is 5.26. The molecule has 7 heteroatoms. The van der Waals surface area contributed by atoms with Crippen molar-refractivity contribution < 1.29 is 28.5 Å². The van der Waals surface area contributed by atoms with E-state index in [9.17, 15) is 9.59 Å². The van der Waals surface area contributed by atoms with Gasteiger partial charge in [0.05, 0.1) is 26.9 Å². The van der Waals surface area contributed by atoms with E-state index in [0.717, 1.165) is 16.8 Å². The van der Waals surface area contributed by atoms with Crippen molar-refractivity contribution >= 4 is 17.5 Å². The molecule has 0 fully saturated rings. The monoisotopic (exact) mass is 505 g/mol. The summed E-state index contributed by atoms with van der Waals surface area (Å²) in [6.07, 6.45) is 0.820. The predicted octanol–water partition coefficient (Wildman–Crippen LogP) is 5.63. The average Bonchev–Trinajstić information content (AvgIpc) is 2.87. The summed E-state index contributed by atoms with van der Waals surface area (Å²) in [7, 11) is 3.19. The van der Waals surface area contributed by atoms with Gasteiger partial charge in [-0.25, -0.2) is 0 Å². The van der Waals surface area contributed by atoms with Crippen LogP contribution in [-0.4, -0.2) is 44.4 Å². The molecule has 2 aliphatic rings. The number of esters is 1. The molecule has 2 aromatic rings. The minimum atomic E-state index is -0.697. The third-order valence-electron chi connectivity index (χ3n) is 6.92. The minimum absolute atomic E-state index is 0.0177. The van der Waals surface area contributed by atoms with Gasteiger partial charge in [0.15, 0.2) is 17.3 Å². The van der Waals surface area contributed by atoms with Crippen molar-refractivity contribution in [1.82, 2.24) is 0 Å². The van der Waals surface area contributed by atoms with Crippen molar-refractivity contribution in [3.63, 3.8) is 0 Å². The van der Waals surface area contributed by atoms with Gasteiger partial charge in [-0.1, -0.05) is 24.3 Å². The zero-order valence-electron chi connectivity index (χ0n) is 22.4.